The molecule has 0 aliphatic carbocycles. The van der Waals surface area contributed by atoms with Crippen LogP contribution in [0.15, 0.2) is 30.3 Å². The van der Waals surface area contributed by atoms with Gasteiger partial charge in [0.05, 0.1) is 7.11 Å². The van der Waals surface area contributed by atoms with Crippen molar-refractivity contribution >= 4 is 22.4 Å². The van der Waals surface area contributed by atoms with Crippen LogP contribution in [0.25, 0.3) is 6.08 Å². The number of ether oxygens (including phenoxy) is 1. The number of methoxy groups -OCH3 is 1. The highest BCUT2D eigenvalue weighted by atomic mass is 32.3. The van der Waals surface area contributed by atoms with E-state index in [-0.39, 0.29) is 5.75 Å². The molecule has 0 bridgehead atoms. The second-order valence-electron chi connectivity index (χ2n) is 2.94. The normalized spacial score (nSPS) is 11.4. The van der Waals surface area contributed by atoms with Crippen LogP contribution in [0.2, 0.25) is 0 Å². The predicted octanol–water partition coefficient (Wildman–Crippen LogP) is 1.05. The number of benzene rings is 1. The van der Waals surface area contributed by atoms with Gasteiger partial charge in [-0.1, -0.05) is 12.1 Å². The first-order chi connectivity index (χ1) is 7.90. The summed E-state index contributed by atoms with van der Waals surface area (Å²) in [5, 5.41) is 0. The molecule has 1 N–H and O–H groups in total. The molecular formula is C10H10O6S. The molecule has 0 saturated carbocycles. The molecule has 0 aliphatic heterocycles. The number of carbonyl (C=O) groups excluding carboxylic acids is 1. The number of hydrogen-bond donors (Lipinski definition) is 1. The van der Waals surface area contributed by atoms with Crippen LogP contribution in [-0.2, 0) is 19.9 Å². The van der Waals surface area contributed by atoms with E-state index in [1.165, 1.54) is 43.5 Å². The largest absolute Gasteiger partial charge is 0.466 e. The maximum atomic E-state index is 10.8. The molecule has 0 atom stereocenters. The lowest BCUT2D eigenvalue weighted by molar-refractivity contribution is -0.134. The van der Waals surface area contributed by atoms with Crippen molar-refractivity contribution < 1.29 is 26.7 Å². The number of hydrogen-bond acceptors (Lipinski definition) is 5. The van der Waals surface area contributed by atoms with E-state index in [9.17, 15) is 13.2 Å². The zero-order valence-electron chi connectivity index (χ0n) is 8.86. The van der Waals surface area contributed by atoms with E-state index in [2.05, 4.69) is 8.92 Å². The zero-order valence-corrected chi connectivity index (χ0v) is 9.68. The summed E-state index contributed by atoms with van der Waals surface area (Å²) in [6.07, 6.45) is 2.71. The van der Waals surface area contributed by atoms with Crippen LogP contribution in [0, 0.1) is 0 Å². The molecule has 0 unspecified atom stereocenters. The molecule has 1 rings (SSSR count). The lowest BCUT2D eigenvalue weighted by Crippen LogP contribution is -2.06. The highest BCUT2D eigenvalue weighted by Gasteiger charge is 2.05. The smallest absolute Gasteiger partial charge is 0.446 e. The summed E-state index contributed by atoms with van der Waals surface area (Å²) in [6.45, 7) is 0. The molecule has 0 heterocycles. The quantitative estimate of drug-likeness (QED) is 0.493. The standard InChI is InChI=1S/C10H10O6S/c1-15-10(11)7-4-8-2-5-9(6-3-8)16-17(12,13)14/h2-7H,1H3,(H,12,13,14). The topological polar surface area (TPSA) is 89.9 Å². The van der Waals surface area contributed by atoms with E-state index in [4.69, 9.17) is 4.55 Å². The van der Waals surface area contributed by atoms with Gasteiger partial charge in [0.15, 0.2) is 0 Å². The summed E-state index contributed by atoms with van der Waals surface area (Å²) in [5.41, 5.74) is 0.651. The molecule has 0 radical (unpaired) electrons. The Morgan fingerprint density at radius 1 is 1.29 bits per heavy atom. The van der Waals surface area contributed by atoms with E-state index in [0.717, 1.165) is 0 Å². The first-order valence-corrected chi connectivity index (χ1v) is 5.80. The third-order valence-corrected chi connectivity index (χ3v) is 2.10. The van der Waals surface area contributed by atoms with Crippen LogP contribution >= 0.6 is 0 Å². The van der Waals surface area contributed by atoms with E-state index in [1.807, 2.05) is 0 Å². The maximum Gasteiger partial charge on any atom is 0.446 e. The molecule has 6 nitrogen and oxygen atoms in total. The predicted molar refractivity (Wildman–Crippen MR) is 59.7 cm³/mol. The van der Waals surface area contributed by atoms with Gasteiger partial charge >= 0.3 is 16.4 Å². The summed E-state index contributed by atoms with van der Waals surface area (Å²) in [4.78, 5) is 10.8. The number of carbonyl (C=O) groups is 1. The summed E-state index contributed by atoms with van der Waals surface area (Å²) in [5.74, 6) is -0.522. The Balaban J connectivity index is 2.75. The van der Waals surface area contributed by atoms with Crippen molar-refractivity contribution in [2.45, 2.75) is 0 Å². The molecule has 0 aromatic heterocycles. The van der Waals surface area contributed by atoms with Crippen molar-refractivity contribution in [3.63, 3.8) is 0 Å². The highest BCUT2D eigenvalue weighted by molar-refractivity contribution is 7.81. The van der Waals surface area contributed by atoms with Gasteiger partial charge in [-0.15, -0.1) is 0 Å². The van der Waals surface area contributed by atoms with Gasteiger partial charge in [0, 0.05) is 6.08 Å². The van der Waals surface area contributed by atoms with E-state index in [0.29, 0.717) is 5.56 Å². The maximum absolute atomic E-state index is 10.8. The SMILES string of the molecule is COC(=O)C=Cc1ccc(OS(=O)(=O)O)cc1. The van der Waals surface area contributed by atoms with Crippen molar-refractivity contribution in [1.29, 1.82) is 0 Å². The first kappa shape index (κ1) is 13.2. The summed E-state index contributed by atoms with van der Waals surface area (Å²) in [6, 6.07) is 5.70. The lowest BCUT2D eigenvalue weighted by atomic mass is 10.2. The van der Waals surface area contributed by atoms with Crippen LogP contribution in [0.4, 0.5) is 0 Å². The molecule has 1 aromatic carbocycles. The molecular weight excluding hydrogens is 248 g/mol. The van der Waals surface area contributed by atoms with Crippen LogP contribution < -0.4 is 4.18 Å². The van der Waals surface area contributed by atoms with Gasteiger partial charge in [0.25, 0.3) is 0 Å². The van der Waals surface area contributed by atoms with Gasteiger partial charge < -0.3 is 8.92 Å². The van der Waals surface area contributed by atoms with Gasteiger partial charge in [-0.3, -0.25) is 4.55 Å². The Kier molecular flexibility index (Phi) is 4.24. The van der Waals surface area contributed by atoms with Crippen LogP contribution in [-0.4, -0.2) is 26.0 Å². The van der Waals surface area contributed by atoms with Gasteiger partial charge in [-0.25, -0.2) is 4.79 Å². The molecule has 0 amide bonds. The van der Waals surface area contributed by atoms with Crippen LogP contribution in [0.5, 0.6) is 5.75 Å². The lowest BCUT2D eigenvalue weighted by Gasteiger charge is -2.00. The second-order valence-corrected chi connectivity index (χ2v) is 3.96. The summed E-state index contributed by atoms with van der Waals surface area (Å²) in [7, 11) is -3.25. The number of esters is 1. The van der Waals surface area contributed by atoms with Crippen molar-refractivity contribution in [2.75, 3.05) is 7.11 Å². The molecule has 0 saturated heterocycles. The monoisotopic (exact) mass is 258 g/mol. The molecule has 7 heteroatoms. The Morgan fingerprint density at radius 3 is 2.35 bits per heavy atom. The zero-order chi connectivity index (χ0) is 12.9. The minimum Gasteiger partial charge on any atom is -0.466 e. The Bertz CT molecular complexity index is 514. The third-order valence-electron chi connectivity index (χ3n) is 1.69. The molecule has 17 heavy (non-hydrogen) atoms. The number of rotatable bonds is 4. The molecule has 92 valence electrons. The van der Waals surface area contributed by atoms with Crippen LogP contribution in [0.3, 0.4) is 0 Å². The highest BCUT2D eigenvalue weighted by Crippen LogP contribution is 2.14. The van der Waals surface area contributed by atoms with Gasteiger partial charge in [-0.2, -0.15) is 8.42 Å². The van der Waals surface area contributed by atoms with Crippen molar-refractivity contribution in [3.8, 4) is 5.75 Å². The van der Waals surface area contributed by atoms with E-state index < -0.39 is 16.4 Å². The van der Waals surface area contributed by atoms with Crippen molar-refractivity contribution in [1.82, 2.24) is 0 Å². The molecule has 0 spiro atoms. The van der Waals surface area contributed by atoms with Gasteiger partial charge in [0.2, 0.25) is 0 Å². The summed E-state index contributed by atoms with van der Waals surface area (Å²) < 4.78 is 37.8. The van der Waals surface area contributed by atoms with Crippen LogP contribution in [0.1, 0.15) is 5.56 Å². The first-order valence-electron chi connectivity index (χ1n) is 4.44. The fourth-order valence-electron chi connectivity index (χ4n) is 0.988. The molecule has 1 aromatic rings. The van der Waals surface area contributed by atoms with E-state index >= 15 is 0 Å². The average molecular weight is 258 g/mol. The third kappa shape index (κ3) is 5.14. The van der Waals surface area contributed by atoms with Gasteiger partial charge in [-0.05, 0) is 23.8 Å². The van der Waals surface area contributed by atoms with Gasteiger partial charge in [0.1, 0.15) is 5.75 Å². The van der Waals surface area contributed by atoms with E-state index in [1.54, 1.807) is 0 Å². The minimum absolute atomic E-state index is 0.0253. The Hall–Kier alpha value is -1.86. The fourth-order valence-corrected chi connectivity index (χ4v) is 1.34. The minimum atomic E-state index is -4.51. The molecule has 0 fully saturated rings. The average Bonchev–Trinajstić information content (AvgIpc) is 2.25. The fraction of sp³-hybridized carbons (Fsp3) is 0.100. The van der Waals surface area contributed by atoms with Crippen molar-refractivity contribution in [2.24, 2.45) is 0 Å². The Morgan fingerprint density at radius 2 is 1.88 bits per heavy atom. The second kappa shape index (κ2) is 5.46. The summed E-state index contributed by atoms with van der Waals surface area (Å²) >= 11 is 0. The molecule has 0 aliphatic rings. The Labute approximate surface area is 98.4 Å². The van der Waals surface area contributed by atoms with Crippen molar-refractivity contribution in [3.05, 3.63) is 35.9 Å².